The molecular formula is C16H28N2O3. The van der Waals surface area contributed by atoms with Crippen LogP contribution < -0.4 is 5.32 Å². The number of amides is 2. The average molecular weight is 296 g/mol. The van der Waals surface area contributed by atoms with Crippen LogP contribution >= 0.6 is 0 Å². The molecule has 5 nitrogen and oxygen atoms in total. The highest BCUT2D eigenvalue weighted by Crippen LogP contribution is 2.30. The third-order valence-corrected chi connectivity index (χ3v) is 5.10. The van der Waals surface area contributed by atoms with E-state index in [1.807, 2.05) is 4.90 Å². The molecule has 2 aliphatic rings. The van der Waals surface area contributed by atoms with Gasteiger partial charge in [-0.1, -0.05) is 19.8 Å². The van der Waals surface area contributed by atoms with Crippen LogP contribution in [-0.4, -0.2) is 41.1 Å². The highest BCUT2D eigenvalue weighted by Gasteiger charge is 2.32. The molecule has 0 spiro atoms. The van der Waals surface area contributed by atoms with Crippen molar-refractivity contribution in [3.63, 3.8) is 0 Å². The van der Waals surface area contributed by atoms with E-state index in [4.69, 9.17) is 0 Å². The Labute approximate surface area is 127 Å². The second-order valence-corrected chi connectivity index (χ2v) is 6.43. The van der Waals surface area contributed by atoms with Gasteiger partial charge in [-0.3, -0.25) is 4.79 Å². The van der Waals surface area contributed by atoms with Crippen molar-refractivity contribution in [3.05, 3.63) is 0 Å². The first kappa shape index (κ1) is 16.1. The highest BCUT2D eigenvalue weighted by molar-refractivity contribution is 5.75. The van der Waals surface area contributed by atoms with Crippen LogP contribution in [0.15, 0.2) is 0 Å². The van der Waals surface area contributed by atoms with E-state index in [-0.39, 0.29) is 17.9 Å². The summed E-state index contributed by atoms with van der Waals surface area (Å²) in [5, 5.41) is 12.3. The summed E-state index contributed by atoms with van der Waals surface area (Å²) in [7, 11) is 0. The second-order valence-electron chi connectivity index (χ2n) is 6.43. The maximum Gasteiger partial charge on any atom is 0.317 e. The molecular weight excluding hydrogens is 268 g/mol. The number of carboxylic acids is 1. The Hall–Kier alpha value is -1.26. The minimum atomic E-state index is -0.710. The standard InChI is InChI=1S/C16H28N2O3/c1-2-13-8-5-6-10-18(13)16(21)17-11-12-7-3-4-9-14(12)15(19)20/h12-14H,2-11H2,1H3,(H,17,21)(H,19,20). The van der Waals surface area contributed by atoms with Gasteiger partial charge in [-0.2, -0.15) is 0 Å². The lowest BCUT2D eigenvalue weighted by Crippen LogP contribution is -2.50. The molecule has 3 atom stereocenters. The van der Waals surface area contributed by atoms with E-state index >= 15 is 0 Å². The molecule has 0 aromatic heterocycles. The Balaban J connectivity index is 1.85. The number of nitrogens with zero attached hydrogens (tertiary/aromatic N) is 1. The molecule has 120 valence electrons. The number of rotatable bonds is 4. The van der Waals surface area contributed by atoms with Crippen molar-refractivity contribution in [1.82, 2.24) is 10.2 Å². The van der Waals surface area contributed by atoms with Crippen molar-refractivity contribution >= 4 is 12.0 Å². The molecule has 1 saturated carbocycles. The van der Waals surface area contributed by atoms with Crippen molar-refractivity contribution in [2.75, 3.05) is 13.1 Å². The summed E-state index contributed by atoms with van der Waals surface area (Å²) in [6.07, 6.45) is 8.08. The van der Waals surface area contributed by atoms with Gasteiger partial charge in [0.15, 0.2) is 0 Å². The summed E-state index contributed by atoms with van der Waals surface area (Å²) in [5.74, 6) is -0.911. The van der Waals surface area contributed by atoms with Gasteiger partial charge >= 0.3 is 12.0 Å². The molecule has 0 aromatic rings. The third kappa shape index (κ3) is 4.11. The molecule has 2 rings (SSSR count). The van der Waals surface area contributed by atoms with Gasteiger partial charge in [-0.25, -0.2) is 4.79 Å². The van der Waals surface area contributed by atoms with Crippen molar-refractivity contribution < 1.29 is 14.7 Å². The van der Waals surface area contributed by atoms with E-state index < -0.39 is 5.97 Å². The third-order valence-electron chi connectivity index (χ3n) is 5.10. The van der Waals surface area contributed by atoms with Crippen LogP contribution in [0.5, 0.6) is 0 Å². The molecule has 1 saturated heterocycles. The molecule has 2 N–H and O–H groups in total. The van der Waals surface area contributed by atoms with Crippen LogP contribution in [0.2, 0.25) is 0 Å². The lowest BCUT2D eigenvalue weighted by Gasteiger charge is -2.36. The van der Waals surface area contributed by atoms with Crippen LogP contribution in [0.4, 0.5) is 4.79 Å². The van der Waals surface area contributed by atoms with Gasteiger partial charge in [0.2, 0.25) is 0 Å². The summed E-state index contributed by atoms with van der Waals surface area (Å²) in [6.45, 7) is 3.46. The molecule has 5 heteroatoms. The quantitative estimate of drug-likeness (QED) is 0.838. The van der Waals surface area contributed by atoms with Gasteiger partial charge in [-0.05, 0) is 44.4 Å². The van der Waals surface area contributed by atoms with Crippen LogP contribution in [-0.2, 0) is 4.79 Å². The van der Waals surface area contributed by atoms with E-state index in [0.29, 0.717) is 12.6 Å². The number of aliphatic carboxylic acids is 1. The van der Waals surface area contributed by atoms with Crippen molar-refractivity contribution in [2.24, 2.45) is 11.8 Å². The molecule has 0 radical (unpaired) electrons. The average Bonchev–Trinajstić information content (AvgIpc) is 2.52. The van der Waals surface area contributed by atoms with Crippen molar-refractivity contribution in [2.45, 2.75) is 64.3 Å². The number of carbonyl (C=O) groups is 2. The Morgan fingerprint density at radius 1 is 1.14 bits per heavy atom. The zero-order valence-corrected chi connectivity index (χ0v) is 13.0. The minimum Gasteiger partial charge on any atom is -0.481 e. The Morgan fingerprint density at radius 2 is 1.86 bits per heavy atom. The lowest BCUT2D eigenvalue weighted by atomic mass is 9.79. The number of likely N-dealkylation sites (tertiary alicyclic amines) is 1. The Morgan fingerprint density at radius 3 is 2.57 bits per heavy atom. The number of piperidine rings is 1. The van der Waals surface area contributed by atoms with Crippen LogP contribution in [0.25, 0.3) is 0 Å². The number of carbonyl (C=O) groups excluding carboxylic acids is 1. The summed E-state index contributed by atoms with van der Waals surface area (Å²) in [6, 6.07) is 0.344. The molecule has 1 aliphatic carbocycles. The van der Waals surface area contributed by atoms with E-state index in [0.717, 1.165) is 51.5 Å². The number of hydrogen-bond donors (Lipinski definition) is 2. The van der Waals surface area contributed by atoms with E-state index in [1.165, 1.54) is 6.42 Å². The first-order valence-corrected chi connectivity index (χ1v) is 8.40. The predicted octanol–water partition coefficient (Wildman–Crippen LogP) is 2.85. The normalized spacial score (nSPS) is 30.0. The summed E-state index contributed by atoms with van der Waals surface area (Å²) in [5.41, 5.74) is 0. The van der Waals surface area contributed by atoms with Gasteiger partial charge in [0.1, 0.15) is 0 Å². The van der Waals surface area contributed by atoms with Gasteiger partial charge in [0.25, 0.3) is 0 Å². The largest absolute Gasteiger partial charge is 0.481 e. The fourth-order valence-corrected chi connectivity index (χ4v) is 3.79. The van der Waals surface area contributed by atoms with Crippen LogP contribution in [0.1, 0.15) is 58.3 Å². The molecule has 21 heavy (non-hydrogen) atoms. The molecule has 3 unspecified atom stereocenters. The molecule has 0 bridgehead atoms. The van der Waals surface area contributed by atoms with Crippen LogP contribution in [0, 0.1) is 11.8 Å². The molecule has 1 aliphatic heterocycles. The predicted molar refractivity (Wildman–Crippen MR) is 81.1 cm³/mol. The lowest BCUT2D eigenvalue weighted by molar-refractivity contribution is -0.144. The zero-order valence-electron chi connectivity index (χ0n) is 13.0. The fourth-order valence-electron chi connectivity index (χ4n) is 3.79. The number of nitrogens with one attached hydrogen (secondary N) is 1. The van der Waals surface area contributed by atoms with Gasteiger partial charge in [0.05, 0.1) is 5.92 Å². The minimum absolute atomic E-state index is 0.00346. The number of hydrogen-bond acceptors (Lipinski definition) is 2. The number of urea groups is 1. The first-order valence-electron chi connectivity index (χ1n) is 8.40. The smallest absolute Gasteiger partial charge is 0.317 e. The van der Waals surface area contributed by atoms with E-state index in [1.54, 1.807) is 0 Å². The molecule has 1 heterocycles. The highest BCUT2D eigenvalue weighted by atomic mass is 16.4. The van der Waals surface area contributed by atoms with Gasteiger partial charge < -0.3 is 15.3 Å². The molecule has 0 aromatic carbocycles. The van der Waals surface area contributed by atoms with Crippen molar-refractivity contribution in [1.29, 1.82) is 0 Å². The van der Waals surface area contributed by atoms with Crippen LogP contribution in [0.3, 0.4) is 0 Å². The monoisotopic (exact) mass is 296 g/mol. The van der Waals surface area contributed by atoms with Crippen molar-refractivity contribution in [3.8, 4) is 0 Å². The fraction of sp³-hybridized carbons (Fsp3) is 0.875. The maximum absolute atomic E-state index is 12.4. The number of carboxylic acid groups (broad SMARTS) is 1. The second kappa shape index (κ2) is 7.66. The van der Waals surface area contributed by atoms with E-state index in [2.05, 4.69) is 12.2 Å². The first-order chi connectivity index (χ1) is 10.1. The molecule has 2 fully saturated rings. The van der Waals surface area contributed by atoms with Gasteiger partial charge in [0, 0.05) is 19.1 Å². The maximum atomic E-state index is 12.4. The summed E-state index contributed by atoms with van der Waals surface area (Å²) < 4.78 is 0. The zero-order chi connectivity index (χ0) is 15.2. The molecule has 2 amide bonds. The summed E-state index contributed by atoms with van der Waals surface area (Å²) >= 11 is 0. The Kier molecular flexibility index (Phi) is 5.88. The van der Waals surface area contributed by atoms with E-state index in [9.17, 15) is 14.7 Å². The SMILES string of the molecule is CCC1CCCCN1C(=O)NCC1CCCCC1C(=O)O. The summed E-state index contributed by atoms with van der Waals surface area (Å²) in [4.78, 5) is 25.6. The topological polar surface area (TPSA) is 69.6 Å². The Bertz CT molecular complexity index is 373. The van der Waals surface area contributed by atoms with Gasteiger partial charge in [-0.15, -0.1) is 0 Å².